The molecule has 3 aromatic carbocycles. The molecule has 5 rings (SSSR count). The Morgan fingerprint density at radius 2 is 1.74 bits per heavy atom. The second-order valence-corrected chi connectivity index (χ2v) is 9.88. The average Bonchev–Trinajstić information content (AvgIpc) is 3.05. The lowest BCUT2D eigenvalue weighted by Crippen LogP contribution is -2.43. The summed E-state index contributed by atoms with van der Waals surface area (Å²) in [4.78, 5) is 28.8. The third-order valence-corrected chi connectivity index (χ3v) is 7.63. The Kier molecular flexibility index (Phi) is 6.54. The van der Waals surface area contributed by atoms with Gasteiger partial charge in [0.1, 0.15) is 11.9 Å². The maximum atomic E-state index is 13.8. The molecular formula is C27H23ClFN3O2S. The Balaban J connectivity index is 1.57. The zero-order valence-corrected chi connectivity index (χ0v) is 20.6. The normalized spacial score (nSPS) is 15.7. The molecule has 1 aliphatic heterocycles. The van der Waals surface area contributed by atoms with Gasteiger partial charge in [0.15, 0.2) is 0 Å². The summed E-state index contributed by atoms with van der Waals surface area (Å²) in [6.45, 7) is 0.500. The quantitative estimate of drug-likeness (QED) is 0.390. The third-order valence-electron chi connectivity index (χ3n) is 6.22. The number of thioether (sulfide) groups is 1. The summed E-state index contributed by atoms with van der Waals surface area (Å²) in [5.74, 6) is -0.503. The van der Waals surface area contributed by atoms with Crippen LogP contribution in [-0.4, -0.2) is 27.0 Å². The van der Waals surface area contributed by atoms with Crippen LogP contribution >= 0.6 is 23.4 Å². The molecule has 35 heavy (non-hydrogen) atoms. The number of amides is 2. The van der Waals surface area contributed by atoms with Crippen LogP contribution in [0.25, 0.3) is 10.9 Å². The van der Waals surface area contributed by atoms with E-state index in [2.05, 4.69) is 9.88 Å². The maximum Gasteiger partial charge on any atom is 0.247 e. The molecule has 0 spiro atoms. The van der Waals surface area contributed by atoms with Gasteiger partial charge in [-0.3, -0.25) is 9.59 Å². The van der Waals surface area contributed by atoms with Crippen LogP contribution in [0.5, 0.6) is 0 Å². The molecule has 178 valence electrons. The van der Waals surface area contributed by atoms with Gasteiger partial charge in [-0.15, -0.1) is 0 Å². The van der Waals surface area contributed by atoms with Crippen molar-refractivity contribution in [3.8, 4) is 0 Å². The van der Waals surface area contributed by atoms with Gasteiger partial charge in [0.25, 0.3) is 0 Å². The summed E-state index contributed by atoms with van der Waals surface area (Å²) in [6.07, 6.45) is 0. The summed E-state index contributed by atoms with van der Waals surface area (Å²) < 4.78 is 15.4. The highest BCUT2D eigenvalue weighted by atomic mass is 35.5. The molecular weight excluding hydrogens is 485 g/mol. The molecule has 1 atom stereocenters. The van der Waals surface area contributed by atoms with E-state index in [-0.39, 0.29) is 36.5 Å². The molecule has 1 aromatic heterocycles. The number of carbonyl (C=O) groups excluding carboxylic acids is 2. The summed E-state index contributed by atoms with van der Waals surface area (Å²) in [7, 11) is 1.96. The number of carbonyl (C=O) groups is 2. The van der Waals surface area contributed by atoms with Crippen LogP contribution in [0.15, 0.2) is 77.8 Å². The minimum atomic E-state index is -0.824. The smallest absolute Gasteiger partial charge is 0.247 e. The number of aromatic nitrogens is 1. The lowest BCUT2D eigenvalue weighted by molar-refractivity contribution is -0.139. The highest BCUT2D eigenvalue weighted by Crippen LogP contribution is 2.42. The Morgan fingerprint density at radius 1 is 1.06 bits per heavy atom. The minimum Gasteiger partial charge on any atom is -0.350 e. The fraction of sp³-hybridized carbons (Fsp3) is 0.185. The SMILES string of the molecule is Cn1c2c(c3ccccc31)[C@H](C(=O)NCc1ccc(F)cc1)N(Cc1ccc(Cl)cc1)C(=O)CS2. The van der Waals surface area contributed by atoms with Crippen molar-refractivity contribution in [2.24, 2.45) is 7.05 Å². The predicted molar refractivity (Wildman–Crippen MR) is 137 cm³/mol. The van der Waals surface area contributed by atoms with Crippen molar-refractivity contribution in [2.45, 2.75) is 24.2 Å². The number of hydrogen-bond acceptors (Lipinski definition) is 3. The van der Waals surface area contributed by atoms with Crippen molar-refractivity contribution >= 4 is 46.1 Å². The van der Waals surface area contributed by atoms with Crippen LogP contribution < -0.4 is 5.32 Å². The van der Waals surface area contributed by atoms with E-state index in [1.54, 1.807) is 29.2 Å². The lowest BCUT2D eigenvalue weighted by Gasteiger charge is -2.30. The summed E-state index contributed by atoms with van der Waals surface area (Å²) in [6, 6.07) is 20.4. The zero-order chi connectivity index (χ0) is 24.5. The van der Waals surface area contributed by atoms with E-state index in [1.165, 1.54) is 23.9 Å². The van der Waals surface area contributed by atoms with E-state index < -0.39 is 6.04 Å². The van der Waals surface area contributed by atoms with E-state index >= 15 is 0 Å². The van der Waals surface area contributed by atoms with Gasteiger partial charge in [-0.25, -0.2) is 4.39 Å². The van der Waals surface area contributed by atoms with Gasteiger partial charge in [0, 0.05) is 41.6 Å². The van der Waals surface area contributed by atoms with Crippen molar-refractivity contribution < 1.29 is 14.0 Å². The summed E-state index contributed by atoms with van der Waals surface area (Å²) >= 11 is 7.51. The van der Waals surface area contributed by atoms with Crippen LogP contribution in [0.4, 0.5) is 4.39 Å². The first-order valence-corrected chi connectivity index (χ1v) is 12.5. The molecule has 0 aliphatic carbocycles. The van der Waals surface area contributed by atoms with E-state index in [9.17, 15) is 14.0 Å². The molecule has 0 fully saturated rings. The highest BCUT2D eigenvalue weighted by molar-refractivity contribution is 8.00. The number of nitrogens with one attached hydrogen (secondary N) is 1. The van der Waals surface area contributed by atoms with Crippen molar-refractivity contribution in [3.05, 3.63) is 100 Å². The van der Waals surface area contributed by atoms with Crippen molar-refractivity contribution in [3.63, 3.8) is 0 Å². The average molecular weight is 508 g/mol. The Labute approximate surface area is 211 Å². The van der Waals surface area contributed by atoms with E-state index in [1.807, 2.05) is 43.4 Å². The number of rotatable bonds is 5. The molecule has 0 bridgehead atoms. The number of para-hydroxylation sites is 1. The monoisotopic (exact) mass is 507 g/mol. The fourth-order valence-electron chi connectivity index (χ4n) is 4.48. The topological polar surface area (TPSA) is 54.3 Å². The number of benzene rings is 3. The van der Waals surface area contributed by atoms with Gasteiger partial charge in [-0.05, 0) is 41.5 Å². The van der Waals surface area contributed by atoms with Crippen molar-refractivity contribution in [1.82, 2.24) is 14.8 Å². The molecule has 0 unspecified atom stereocenters. The molecule has 2 heterocycles. The number of halogens is 2. The van der Waals surface area contributed by atoms with Gasteiger partial charge in [-0.2, -0.15) is 0 Å². The zero-order valence-electron chi connectivity index (χ0n) is 19.0. The van der Waals surface area contributed by atoms with Gasteiger partial charge < -0.3 is 14.8 Å². The van der Waals surface area contributed by atoms with Crippen LogP contribution in [0, 0.1) is 5.82 Å². The van der Waals surface area contributed by atoms with Crippen LogP contribution in [0.1, 0.15) is 22.7 Å². The van der Waals surface area contributed by atoms with E-state index in [0.29, 0.717) is 5.02 Å². The van der Waals surface area contributed by atoms with E-state index in [4.69, 9.17) is 11.6 Å². The minimum absolute atomic E-state index is 0.118. The molecule has 4 aromatic rings. The second-order valence-electron chi connectivity index (χ2n) is 8.48. The predicted octanol–water partition coefficient (Wildman–Crippen LogP) is 5.46. The first kappa shape index (κ1) is 23.5. The Bertz CT molecular complexity index is 1400. The molecule has 1 aliphatic rings. The van der Waals surface area contributed by atoms with Crippen LogP contribution in [0.3, 0.4) is 0 Å². The first-order chi connectivity index (χ1) is 16.9. The highest BCUT2D eigenvalue weighted by Gasteiger charge is 2.38. The summed E-state index contributed by atoms with van der Waals surface area (Å²) in [5.41, 5.74) is 3.48. The molecule has 0 radical (unpaired) electrons. The van der Waals surface area contributed by atoms with E-state index in [0.717, 1.165) is 32.6 Å². The molecule has 2 amide bonds. The number of aryl methyl sites for hydroxylation is 1. The molecule has 8 heteroatoms. The maximum absolute atomic E-state index is 13.8. The number of fused-ring (bicyclic) bond motifs is 3. The molecule has 0 saturated carbocycles. The van der Waals surface area contributed by atoms with Crippen LogP contribution in [0.2, 0.25) is 5.02 Å². The standard InChI is InChI=1S/C27H23ClFN3O2S/c1-31-22-5-3-2-4-21(22)24-25(26(34)30-14-17-8-12-20(29)13-9-17)32(23(33)16-35-27(24)31)15-18-6-10-19(28)11-7-18/h2-13,25H,14-16H2,1H3,(H,30,34)/t25-/m1/s1. The van der Waals surface area contributed by atoms with Crippen LogP contribution in [-0.2, 0) is 29.7 Å². The lowest BCUT2D eigenvalue weighted by atomic mass is 10.0. The molecule has 0 saturated heterocycles. The van der Waals surface area contributed by atoms with Gasteiger partial charge in [0.2, 0.25) is 11.8 Å². The van der Waals surface area contributed by atoms with Gasteiger partial charge in [-0.1, -0.05) is 65.8 Å². The first-order valence-electron chi connectivity index (χ1n) is 11.2. The summed E-state index contributed by atoms with van der Waals surface area (Å²) in [5, 5.41) is 5.43. The Morgan fingerprint density at radius 3 is 2.49 bits per heavy atom. The van der Waals surface area contributed by atoms with Gasteiger partial charge >= 0.3 is 0 Å². The number of hydrogen-bond donors (Lipinski definition) is 1. The van der Waals surface area contributed by atoms with Crippen molar-refractivity contribution in [1.29, 1.82) is 0 Å². The number of nitrogens with zero attached hydrogens (tertiary/aromatic N) is 2. The molecule has 1 N–H and O–H groups in total. The second kappa shape index (κ2) is 9.76. The molecule has 5 nitrogen and oxygen atoms in total. The van der Waals surface area contributed by atoms with Gasteiger partial charge in [0.05, 0.1) is 10.8 Å². The Hall–Kier alpha value is -3.29. The third kappa shape index (κ3) is 4.66. The van der Waals surface area contributed by atoms with Crippen molar-refractivity contribution in [2.75, 3.05) is 5.75 Å². The largest absolute Gasteiger partial charge is 0.350 e. The fourth-order valence-corrected chi connectivity index (χ4v) is 5.70.